The van der Waals surface area contributed by atoms with Gasteiger partial charge in [-0.25, -0.2) is 8.42 Å². The maximum atomic E-state index is 12.0. The van der Waals surface area contributed by atoms with Crippen molar-refractivity contribution in [2.45, 2.75) is 13.0 Å². The van der Waals surface area contributed by atoms with Crippen molar-refractivity contribution in [3.8, 4) is 6.07 Å². The van der Waals surface area contributed by atoms with Crippen molar-refractivity contribution in [1.29, 1.82) is 5.26 Å². The Balaban J connectivity index is 2.26. The number of benzene rings is 1. The summed E-state index contributed by atoms with van der Waals surface area (Å²) in [6.07, 6.45) is 1.55. The quantitative estimate of drug-likeness (QED) is 0.744. The predicted molar refractivity (Wildman–Crippen MR) is 82.1 cm³/mol. The second-order valence-corrected chi connectivity index (χ2v) is 6.69. The number of nitrogens with zero attached hydrogens (tertiary/aromatic N) is 4. The van der Waals surface area contributed by atoms with Gasteiger partial charge in [0.25, 0.3) is 0 Å². The van der Waals surface area contributed by atoms with Crippen LogP contribution in [-0.2, 0) is 27.7 Å². The molecule has 0 amide bonds. The van der Waals surface area contributed by atoms with Crippen molar-refractivity contribution in [2.75, 3.05) is 24.3 Å². The molecule has 0 bridgehead atoms. The minimum absolute atomic E-state index is 0.103. The van der Waals surface area contributed by atoms with Crippen molar-refractivity contribution in [1.82, 2.24) is 10.1 Å². The molecular weight excluding hydrogens is 320 g/mol. The number of anilines is 1. The largest absolute Gasteiger partial charge is 0.384 e. The van der Waals surface area contributed by atoms with Gasteiger partial charge in [0.05, 0.1) is 30.2 Å². The van der Waals surface area contributed by atoms with Gasteiger partial charge in [-0.3, -0.25) is 4.31 Å². The molecule has 0 radical (unpaired) electrons. The van der Waals surface area contributed by atoms with Crippen LogP contribution in [0, 0.1) is 11.3 Å². The van der Waals surface area contributed by atoms with Gasteiger partial charge in [0, 0.05) is 13.5 Å². The van der Waals surface area contributed by atoms with Crippen LogP contribution in [0.15, 0.2) is 28.8 Å². The van der Waals surface area contributed by atoms with Crippen molar-refractivity contribution in [2.24, 2.45) is 0 Å². The number of sulfonamides is 1. The molecule has 0 aliphatic heterocycles. The van der Waals surface area contributed by atoms with Crippen LogP contribution < -0.4 is 4.31 Å². The first-order valence-electron chi connectivity index (χ1n) is 6.72. The smallest absolute Gasteiger partial charge is 0.247 e. The molecule has 0 fully saturated rings. The summed E-state index contributed by atoms with van der Waals surface area (Å²) in [7, 11) is -2.01. The average molecular weight is 336 g/mol. The van der Waals surface area contributed by atoms with Gasteiger partial charge in [0.15, 0.2) is 5.82 Å². The van der Waals surface area contributed by atoms with Crippen molar-refractivity contribution < 1.29 is 17.7 Å². The SMILES string of the molecule is COCCc1noc(CN(c2cccc(C#N)c2)S(C)(=O)=O)n1. The van der Waals surface area contributed by atoms with E-state index in [1.807, 2.05) is 6.07 Å². The Morgan fingerprint density at radius 3 is 2.87 bits per heavy atom. The molecule has 0 saturated heterocycles. The van der Waals surface area contributed by atoms with E-state index >= 15 is 0 Å². The second-order valence-electron chi connectivity index (χ2n) is 4.78. The zero-order valence-electron chi connectivity index (χ0n) is 12.8. The summed E-state index contributed by atoms with van der Waals surface area (Å²) in [5.41, 5.74) is 0.727. The number of methoxy groups -OCH3 is 1. The molecule has 0 unspecified atom stereocenters. The first-order valence-corrected chi connectivity index (χ1v) is 8.57. The highest BCUT2D eigenvalue weighted by atomic mass is 32.2. The topological polar surface area (TPSA) is 109 Å². The van der Waals surface area contributed by atoms with E-state index in [4.69, 9.17) is 14.5 Å². The number of hydrogen-bond acceptors (Lipinski definition) is 7. The Hall–Kier alpha value is -2.44. The van der Waals surface area contributed by atoms with Crippen LogP contribution in [0.2, 0.25) is 0 Å². The van der Waals surface area contributed by atoms with Gasteiger partial charge in [-0.05, 0) is 18.2 Å². The molecule has 0 aliphatic rings. The Labute approximate surface area is 134 Å². The monoisotopic (exact) mass is 336 g/mol. The highest BCUT2D eigenvalue weighted by Gasteiger charge is 2.21. The standard InChI is InChI=1S/C14H16N4O4S/c1-21-7-6-13-16-14(22-17-13)10-18(23(2,19)20)12-5-3-4-11(8-12)9-15/h3-5,8H,6-7,10H2,1-2H3. The molecule has 2 aromatic rings. The molecule has 1 aromatic carbocycles. The van der Waals surface area contributed by atoms with Crippen LogP contribution in [0.5, 0.6) is 0 Å². The molecule has 122 valence electrons. The maximum Gasteiger partial charge on any atom is 0.247 e. The van der Waals surface area contributed by atoms with Crippen LogP contribution in [-0.4, -0.2) is 38.5 Å². The summed E-state index contributed by atoms with van der Waals surface area (Å²) < 4.78 is 35.2. The van der Waals surface area contributed by atoms with Crippen LogP contribution >= 0.6 is 0 Å². The minimum atomic E-state index is -3.58. The van der Waals surface area contributed by atoms with Gasteiger partial charge in [0.2, 0.25) is 15.9 Å². The number of rotatable bonds is 7. The lowest BCUT2D eigenvalue weighted by molar-refractivity contribution is 0.199. The number of aromatic nitrogens is 2. The van der Waals surface area contributed by atoms with Gasteiger partial charge in [-0.1, -0.05) is 11.2 Å². The van der Waals surface area contributed by atoms with Gasteiger partial charge in [-0.15, -0.1) is 0 Å². The van der Waals surface area contributed by atoms with Gasteiger partial charge in [0.1, 0.15) is 6.54 Å². The van der Waals surface area contributed by atoms with E-state index < -0.39 is 10.0 Å². The summed E-state index contributed by atoms with van der Waals surface area (Å²) in [5.74, 6) is 0.616. The third kappa shape index (κ3) is 4.51. The fourth-order valence-electron chi connectivity index (χ4n) is 1.90. The lowest BCUT2D eigenvalue weighted by Gasteiger charge is -2.20. The zero-order valence-corrected chi connectivity index (χ0v) is 13.6. The van der Waals surface area contributed by atoms with Crippen LogP contribution in [0.1, 0.15) is 17.3 Å². The summed E-state index contributed by atoms with van der Waals surface area (Å²) >= 11 is 0. The third-order valence-electron chi connectivity index (χ3n) is 2.98. The minimum Gasteiger partial charge on any atom is -0.384 e. The van der Waals surface area contributed by atoms with E-state index in [0.29, 0.717) is 30.1 Å². The fraction of sp³-hybridized carbons (Fsp3) is 0.357. The third-order valence-corrected chi connectivity index (χ3v) is 4.12. The first kappa shape index (κ1) is 16.9. The van der Waals surface area contributed by atoms with Crippen molar-refractivity contribution in [3.63, 3.8) is 0 Å². The molecule has 0 aliphatic carbocycles. The van der Waals surface area contributed by atoms with Crippen LogP contribution in [0.25, 0.3) is 0 Å². The summed E-state index contributed by atoms with van der Waals surface area (Å²) in [6.45, 7) is 0.340. The molecule has 1 aromatic heterocycles. The van der Waals surface area contributed by atoms with Crippen molar-refractivity contribution in [3.05, 3.63) is 41.5 Å². The van der Waals surface area contributed by atoms with Gasteiger partial charge in [-0.2, -0.15) is 10.2 Å². The number of nitriles is 1. The number of hydrogen-bond donors (Lipinski definition) is 0. The normalized spacial score (nSPS) is 11.2. The molecule has 8 nitrogen and oxygen atoms in total. The van der Waals surface area contributed by atoms with Crippen LogP contribution in [0.3, 0.4) is 0 Å². The van der Waals surface area contributed by atoms with Gasteiger partial charge >= 0.3 is 0 Å². The van der Waals surface area contributed by atoms with E-state index in [1.165, 1.54) is 6.07 Å². The Bertz CT molecular complexity index is 810. The van der Waals surface area contributed by atoms with Gasteiger partial charge < -0.3 is 9.26 Å². The Kier molecular flexibility index (Phi) is 5.31. The number of ether oxygens (including phenoxy) is 1. The summed E-state index contributed by atoms with van der Waals surface area (Å²) in [4.78, 5) is 4.14. The molecule has 23 heavy (non-hydrogen) atoms. The molecule has 0 saturated carbocycles. The second kappa shape index (κ2) is 7.21. The van der Waals surface area contributed by atoms with E-state index in [2.05, 4.69) is 10.1 Å². The Morgan fingerprint density at radius 1 is 1.43 bits per heavy atom. The maximum absolute atomic E-state index is 12.0. The lowest BCUT2D eigenvalue weighted by Crippen LogP contribution is -2.29. The van der Waals surface area contributed by atoms with E-state index in [0.717, 1.165) is 10.6 Å². The zero-order chi connectivity index (χ0) is 16.9. The molecule has 0 atom stereocenters. The molecule has 9 heteroatoms. The molecule has 0 spiro atoms. The van der Waals surface area contributed by atoms with E-state index in [1.54, 1.807) is 25.3 Å². The van der Waals surface area contributed by atoms with E-state index in [9.17, 15) is 8.42 Å². The van der Waals surface area contributed by atoms with Crippen molar-refractivity contribution >= 4 is 15.7 Å². The summed E-state index contributed by atoms with van der Waals surface area (Å²) in [5, 5.41) is 12.7. The first-order chi connectivity index (χ1) is 10.9. The highest BCUT2D eigenvalue weighted by Crippen LogP contribution is 2.21. The summed E-state index contributed by atoms with van der Waals surface area (Å²) in [6, 6.07) is 8.28. The molecule has 1 heterocycles. The van der Waals surface area contributed by atoms with Crippen LogP contribution in [0.4, 0.5) is 5.69 Å². The Morgan fingerprint density at radius 2 is 2.22 bits per heavy atom. The highest BCUT2D eigenvalue weighted by molar-refractivity contribution is 7.92. The molecular formula is C14H16N4O4S. The molecule has 0 N–H and O–H groups in total. The fourth-order valence-corrected chi connectivity index (χ4v) is 2.74. The lowest BCUT2D eigenvalue weighted by atomic mass is 10.2. The average Bonchev–Trinajstić information content (AvgIpc) is 2.97. The molecule has 2 rings (SSSR count). The van der Waals surface area contributed by atoms with E-state index in [-0.39, 0.29) is 12.4 Å². The predicted octanol–water partition coefficient (Wildman–Crippen LogP) is 1.10.